The zero-order valence-electron chi connectivity index (χ0n) is 7.46. The first-order chi connectivity index (χ1) is 6.66. The fourth-order valence-corrected chi connectivity index (χ4v) is 2.17. The largest absolute Gasteiger partial charge is 0.390 e. The third-order valence-electron chi connectivity index (χ3n) is 2.24. The molecule has 0 aliphatic heterocycles. The molecule has 2 aromatic heterocycles. The maximum absolute atomic E-state index is 9.20. The Labute approximate surface area is 94.5 Å². The highest BCUT2D eigenvalue weighted by atomic mass is 79.9. The smallest absolute Gasteiger partial charge is 0.0995 e. The number of fused-ring (bicyclic) bond motifs is 1. The van der Waals surface area contributed by atoms with Gasteiger partial charge in [0.2, 0.25) is 0 Å². The van der Waals surface area contributed by atoms with Gasteiger partial charge in [0.25, 0.3) is 0 Å². The lowest BCUT2D eigenvalue weighted by Gasteiger charge is -2.10. The van der Waals surface area contributed by atoms with E-state index in [-0.39, 0.29) is 6.61 Å². The lowest BCUT2D eigenvalue weighted by atomic mass is 10.2. The molecule has 0 aliphatic carbocycles. The zero-order valence-corrected chi connectivity index (χ0v) is 9.80. The summed E-state index contributed by atoms with van der Waals surface area (Å²) in [4.78, 5) is 4.03. The molecule has 74 valence electrons. The van der Waals surface area contributed by atoms with Crippen molar-refractivity contribution in [2.75, 3.05) is 0 Å². The van der Waals surface area contributed by atoms with Gasteiger partial charge < -0.3 is 5.11 Å². The van der Waals surface area contributed by atoms with Crippen LogP contribution in [0.15, 0.2) is 17.0 Å². The molecule has 1 N–H and O–H groups in total. The minimum absolute atomic E-state index is 0.107. The molecule has 0 fully saturated rings. The Hall–Kier alpha value is -0.580. The lowest BCUT2D eigenvalue weighted by molar-refractivity contribution is 0.275. The highest BCUT2D eigenvalue weighted by Gasteiger charge is 2.13. The Bertz CT molecular complexity index is 495. The predicted molar refractivity (Wildman–Crippen MR) is 58.6 cm³/mol. The molecule has 2 aromatic rings. The molecule has 14 heavy (non-hydrogen) atoms. The first-order valence-electron chi connectivity index (χ1n) is 4.06. The van der Waals surface area contributed by atoms with Gasteiger partial charge >= 0.3 is 0 Å². The van der Waals surface area contributed by atoms with Crippen LogP contribution < -0.4 is 0 Å². The first kappa shape index (κ1) is 9.96. The normalized spacial score (nSPS) is 11.1. The summed E-state index contributed by atoms with van der Waals surface area (Å²) >= 11 is 9.47. The van der Waals surface area contributed by atoms with Crippen LogP contribution in [0, 0.1) is 6.92 Å². The van der Waals surface area contributed by atoms with Crippen LogP contribution in [0.3, 0.4) is 0 Å². The topological polar surface area (TPSA) is 37.5 Å². The van der Waals surface area contributed by atoms with Gasteiger partial charge in [-0.3, -0.25) is 4.40 Å². The summed E-state index contributed by atoms with van der Waals surface area (Å²) in [5.74, 6) is 0. The molecule has 5 heteroatoms. The van der Waals surface area contributed by atoms with Gasteiger partial charge in [-0.15, -0.1) is 0 Å². The second kappa shape index (κ2) is 3.53. The van der Waals surface area contributed by atoms with Crippen molar-refractivity contribution < 1.29 is 5.11 Å². The van der Waals surface area contributed by atoms with Gasteiger partial charge in [-0.05, 0) is 28.4 Å². The third kappa shape index (κ3) is 1.26. The lowest BCUT2D eigenvalue weighted by Crippen LogP contribution is -1.99. The first-order valence-corrected chi connectivity index (χ1v) is 5.23. The van der Waals surface area contributed by atoms with Gasteiger partial charge in [0.1, 0.15) is 0 Å². The number of pyridine rings is 1. The number of aryl methyl sites for hydroxylation is 1. The zero-order chi connectivity index (χ0) is 10.3. The Balaban J connectivity index is 2.95. The summed E-state index contributed by atoms with van der Waals surface area (Å²) in [6.07, 6.45) is 3.39. The fourth-order valence-electron chi connectivity index (χ4n) is 1.44. The summed E-state index contributed by atoms with van der Waals surface area (Å²) in [5.41, 5.74) is 2.62. The molecule has 0 unspecified atom stereocenters. The second-order valence-electron chi connectivity index (χ2n) is 3.01. The SMILES string of the molecule is Cc1c(Br)c(Cl)c(CO)n2cncc12. The number of aliphatic hydroxyl groups is 1. The molecule has 0 atom stereocenters. The summed E-state index contributed by atoms with van der Waals surface area (Å²) in [5, 5.41) is 9.73. The number of hydrogen-bond donors (Lipinski definition) is 1. The predicted octanol–water partition coefficient (Wildman–Crippen LogP) is 2.55. The molecule has 0 bridgehead atoms. The van der Waals surface area contributed by atoms with Crippen LogP contribution in [0.2, 0.25) is 5.02 Å². The summed E-state index contributed by atoms with van der Waals surface area (Å²) in [6, 6.07) is 0. The van der Waals surface area contributed by atoms with Crippen LogP contribution in [-0.2, 0) is 6.61 Å². The summed E-state index contributed by atoms with van der Waals surface area (Å²) in [6.45, 7) is 1.85. The number of halogens is 2. The standard InChI is InChI=1S/C9H8BrClN2O/c1-5-6-2-12-4-13(6)7(3-14)9(11)8(5)10/h2,4,14H,3H2,1H3. The minimum atomic E-state index is -0.107. The summed E-state index contributed by atoms with van der Waals surface area (Å²) in [7, 11) is 0. The van der Waals surface area contributed by atoms with Gasteiger partial charge in [0.15, 0.2) is 0 Å². The average molecular weight is 276 g/mol. The number of nitrogens with zero attached hydrogens (tertiary/aromatic N) is 2. The van der Waals surface area contributed by atoms with E-state index in [1.165, 1.54) is 0 Å². The summed E-state index contributed by atoms with van der Waals surface area (Å²) < 4.78 is 2.61. The van der Waals surface area contributed by atoms with Gasteiger partial charge in [-0.25, -0.2) is 4.98 Å². The minimum Gasteiger partial charge on any atom is -0.390 e. The van der Waals surface area contributed by atoms with Crippen molar-refractivity contribution in [2.24, 2.45) is 0 Å². The van der Waals surface area contributed by atoms with E-state index in [9.17, 15) is 5.11 Å². The van der Waals surface area contributed by atoms with Gasteiger partial charge in [-0.2, -0.15) is 0 Å². The van der Waals surface area contributed by atoms with Crippen LogP contribution in [0.5, 0.6) is 0 Å². The van der Waals surface area contributed by atoms with E-state index < -0.39 is 0 Å². The van der Waals surface area contributed by atoms with Gasteiger partial charge in [-0.1, -0.05) is 11.6 Å². The number of aliphatic hydroxyl groups excluding tert-OH is 1. The molecular weight excluding hydrogens is 267 g/mol. The van der Waals surface area contributed by atoms with Crippen molar-refractivity contribution in [3.63, 3.8) is 0 Å². The van der Waals surface area contributed by atoms with Crippen molar-refractivity contribution in [1.82, 2.24) is 9.38 Å². The number of rotatable bonds is 1. The van der Waals surface area contributed by atoms with Crippen molar-refractivity contribution in [2.45, 2.75) is 13.5 Å². The molecule has 0 amide bonds. The Morgan fingerprint density at radius 2 is 2.36 bits per heavy atom. The van der Waals surface area contributed by atoms with Crippen molar-refractivity contribution in [3.8, 4) is 0 Å². The number of hydrogen-bond acceptors (Lipinski definition) is 2. The van der Waals surface area contributed by atoms with Crippen LogP contribution in [0.4, 0.5) is 0 Å². The van der Waals surface area contributed by atoms with Crippen molar-refractivity contribution in [1.29, 1.82) is 0 Å². The van der Waals surface area contributed by atoms with Crippen LogP contribution in [0.25, 0.3) is 5.52 Å². The second-order valence-corrected chi connectivity index (χ2v) is 4.18. The molecule has 0 radical (unpaired) electrons. The Kier molecular flexibility index (Phi) is 2.51. The highest BCUT2D eigenvalue weighted by molar-refractivity contribution is 9.10. The number of imidazole rings is 1. The monoisotopic (exact) mass is 274 g/mol. The maximum atomic E-state index is 9.20. The molecule has 3 nitrogen and oxygen atoms in total. The molecule has 0 aromatic carbocycles. The van der Waals surface area contributed by atoms with Crippen LogP contribution >= 0.6 is 27.5 Å². The Morgan fingerprint density at radius 1 is 1.64 bits per heavy atom. The van der Waals surface area contributed by atoms with Crippen LogP contribution in [0.1, 0.15) is 11.3 Å². The van der Waals surface area contributed by atoms with Crippen LogP contribution in [-0.4, -0.2) is 14.5 Å². The molecule has 0 spiro atoms. The van der Waals surface area contributed by atoms with E-state index in [0.717, 1.165) is 15.6 Å². The fraction of sp³-hybridized carbons (Fsp3) is 0.222. The highest BCUT2D eigenvalue weighted by Crippen LogP contribution is 2.32. The third-order valence-corrected chi connectivity index (χ3v) is 3.87. The van der Waals surface area contributed by atoms with E-state index in [1.54, 1.807) is 16.9 Å². The molecular formula is C9H8BrClN2O. The molecule has 0 saturated heterocycles. The quantitative estimate of drug-likeness (QED) is 0.868. The average Bonchev–Trinajstić information content (AvgIpc) is 2.64. The van der Waals surface area contributed by atoms with E-state index in [0.29, 0.717) is 10.7 Å². The Morgan fingerprint density at radius 3 is 3.00 bits per heavy atom. The van der Waals surface area contributed by atoms with Crippen molar-refractivity contribution in [3.05, 3.63) is 33.3 Å². The van der Waals surface area contributed by atoms with E-state index in [2.05, 4.69) is 20.9 Å². The van der Waals surface area contributed by atoms with Gasteiger partial charge in [0, 0.05) is 4.47 Å². The van der Waals surface area contributed by atoms with Crippen molar-refractivity contribution >= 4 is 33.0 Å². The maximum Gasteiger partial charge on any atom is 0.0995 e. The molecule has 0 aliphatic rings. The van der Waals surface area contributed by atoms with E-state index >= 15 is 0 Å². The molecule has 0 saturated carbocycles. The number of aromatic nitrogens is 2. The van der Waals surface area contributed by atoms with Gasteiger partial charge in [0.05, 0.1) is 35.4 Å². The van der Waals surface area contributed by atoms with E-state index in [1.807, 2.05) is 6.92 Å². The van der Waals surface area contributed by atoms with E-state index in [4.69, 9.17) is 11.6 Å². The molecule has 2 heterocycles. The molecule has 2 rings (SSSR count).